The highest BCUT2D eigenvalue weighted by atomic mass is 28.3. The van der Waals surface area contributed by atoms with Gasteiger partial charge in [0.05, 0.1) is 22.7 Å². The summed E-state index contributed by atoms with van der Waals surface area (Å²) >= 11 is 0. The molecule has 0 spiro atoms. The lowest BCUT2D eigenvalue weighted by Crippen LogP contribution is -2.64. The molecule has 0 N–H and O–H groups in total. The molecule has 105 heavy (non-hydrogen) atoms. The van der Waals surface area contributed by atoms with Crippen LogP contribution in [0.2, 0.25) is 26.2 Å². The van der Waals surface area contributed by atoms with Gasteiger partial charge in [-0.15, -0.1) is 0 Å². The van der Waals surface area contributed by atoms with Crippen molar-refractivity contribution in [1.29, 1.82) is 0 Å². The van der Waals surface area contributed by atoms with Gasteiger partial charge in [0.1, 0.15) is 33.2 Å². The summed E-state index contributed by atoms with van der Waals surface area (Å²) in [5, 5.41) is 6.79. The van der Waals surface area contributed by atoms with Gasteiger partial charge in [0.2, 0.25) is 0 Å². The minimum absolute atomic E-state index is 0.0182. The molecular weight excluding hydrogens is 1310 g/mol. The molecule has 13 aromatic rings. The van der Waals surface area contributed by atoms with Gasteiger partial charge >= 0.3 is 6.71 Å². The maximum absolute atomic E-state index is 8.05. The molecule has 0 radical (unpaired) electrons. The molecule has 2 aliphatic carbocycles. The molecule has 0 fully saturated rings. The quantitative estimate of drug-likeness (QED) is 0.159. The highest BCUT2D eigenvalue weighted by molar-refractivity contribution is 7.04. The highest BCUT2D eigenvalue weighted by Gasteiger charge is 2.52. The fourth-order valence-corrected chi connectivity index (χ4v) is 26.6. The zero-order chi connectivity index (χ0) is 71.3. The van der Waals surface area contributed by atoms with E-state index in [0.717, 1.165) is 110 Å². The van der Waals surface area contributed by atoms with E-state index in [4.69, 9.17) is 9.15 Å². The number of rotatable bonds is 5. The lowest BCUT2D eigenvalue weighted by atomic mass is 9.31. The van der Waals surface area contributed by atoms with Crippen molar-refractivity contribution in [3.8, 4) is 11.5 Å². The summed E-state index contributed by atoms with van der Waals surface area (Å²) in [5.74, 6) is 1.64. The number of furan rings is 1. The lowest BCUT2D eigenvalue weighted by Gasteiger charge is -2.47. The van der Waals surface area contributed by atoms with Crippen LogP contribution in [0.5, 0.6) is 11.5 Å². The molecule has 8 aliphatic rings. The topological polar surface area (TPSA) is 38.6 Å². The van der Waals surface area contributed by atoms with E-state index >= 15 is 0 Å². The Morgan fingerprint density at radius 1 is 0.305 bits per heavy atom. The van der Waals surface area contributed by atoms with Crippen molar-refractivity contribution in [3.05, 3.63) is 271 Å². The van der Waals surface area contributed by atoms with Gasteiger partial charge in [-0.3, -0.25) is 0 Å². The van der Waals surface area contributed by atoms with Gasteiger partial charge in [0, 0.05) is 91.2 Å². The van der Waals surface area contributed by atoms with E-state index in [0.29, 0.717) is 0 Å². The van der Waals surface area contributed by atoms with Gasteiger partial charge in [-0.2, -0.15) is 0 Å². The molecule has 0 atom stereocenters. The molecule has 0 unspecified atom stereocenters. The van der Waals surface area contributed by atoms with Gasteiger partial charge in [-0.05, 0) is 209 Å². The number of ether oxygens (including phenoxy) is 1. The van der Waals surface area contributed by atoms with Crippen LogP contribution >= 0.6 is 0 Å². The molecule has 7 heterocycles. The summed E-state index contributed by atoms with van der Waals surface area (Å²) in [5.41, 5.74) is 30.7. The molecule has 1 aromatic heterocycles. The van der Waals surface area contributed by atoms with Crippen LogP contribution in [0.4, 0.5) is 85.3 Å². The van der Waals surface area contributed by atoms with Crippen LogP contribution in [0.25, 0.3) is 11.0 Å². The first-order chi connectivity index (χ1) is 50.6. The third-order valence-electron chi connectivity index (χ3n) is 26.3. The Balaban J connectivity index is 0.853. The number of benzene rings is 12. The number of hydrogen-bond acceptors (Lipinski definition) is 7. The zero-order valence-electron chi connectivity index (χ0n) is 62.2. The molecule has 512 valence electrons. The first-order valence-electron chi connectivity index (χ1n) is 38.1. The van der Waals surface area contributed by atoms with Crippen LogP contribution in [-0.2, 0) is 21.7 Å². The summed E-state index contributed by atoms with van der Waals surface area (Å²) in [6, 6.07) is 96.0. The van der Waals surface area contributed by atoms with Gasteiger partial charge in [0.25, 0.3) is 6.71 Å². The maximum Gasteiger partial charge on any atom is 0.301 e. The number of nitrogens with zero attached hydrogens (tertiary/aromatic N) is 5. The van der Waals surface area contributed by atoms with Crippen LogP contribution in [-0.4, -0.2) is 29.6 Å². The minimum Gasteiger partial charge on any atom is -0.468 e. The lowest BCUT2D eigenvalue weighted by molar-refractivity contribution is 0.332. The SMILES string of the molecule is CC1(C)CCC(C)(C)c2cc(N3c4ccccc4B4c5cc6c(cc5N(c5ccccc5)c5cc(N7c8ccccc8[Si](C)(C)c8ccccc87)cc3c54)Oc3cc(N4c5ccccc5[Si](C)(C)c5ccccc54)cc4c3B6c3oc5ccccc5c3N4c3ccc4c(c3)C(C)(C)CCC4(C)C)ccc21. The average Bonchev–Trinajstić information content (AvgIpc) is 1.65. The van der Waals surface area contributed by atoms with Crippen LogP contribution in [0.15, 0.2) is 253 Å². The minimum atomic E-state index is -2.18. The first-order valence-corrected chi connectivity index (χ1v) is 44.1. The predicted octanol–water partition coefficient (Wildman–Crippen LogP) is 18.8. The molecule has 0 saturated carbocycles. The smallest absolute Gasteiger partial charge is 0.301 e. The van der Waals surface area contributed by atoms with Crippen molar-refractivity contribution in [2.24, 2.45) is 0 Å². The standard InChI is InChI=1S/C94H85B2N5O2Si2/c1-91(2)46-48-93(5,6)66-50-59(42-44-64(66)91)98-71-32-18-17-31-68(71)95-69-56-70-81(57-76(69)97(58-28-14-13-15-29-58)77-52-61(53-78(98)87(77)95)99-72-33-19-24-38-83(72)104(9,10)84-39-25-20-34-73(84)99)102-82-55-62(100-74-35-21-26-40-85(74)105(11,12)86-41-27-22-36-75(86)100)54-79-88(82)96(70)90-89(63-30-16-23-37-80(63)103-90)101(79)60-43-45-65-67(51-60)94(7,8)49-47-92(65,3)4/h13-45,50-57H,46-49H2,1-12H3. The van der Waals surface area contributed by atoms with Crippen molar-refractivity contribution in [2.45, 2.75) is 129 Å². The molecular formula is C94H85B2N5O2Si2. The first kappa shape index (κ1) is 63.1. The van der Waals surface area contributed by atoms with E-state index in [1.54, 1.807) is 0 Å². The zero-order valence-corrected chi connectivity index (χ0v) is 64.2. The van der Waals surface area contributed by atoms with Crippen LogP contribution in [0.3, 0.4) is 0 Å². The second kappa shape index (κ2) is 21.6. The van der Waals surface area contributed by atoms with Gasteiger partial charge in [0.15, 0.2) is 0 Å². The third-order valence-corrected chi connectivity index (χ3v) is 33.4. The monoisotopic (exact) mass is 1390 g/mol. The number of anilines is 15. The maximum atomic E-state index is 8.05. The fourth-order valence-electron chi connectivity index (χ4n) is 20.6. The van der Waals surface area contributed by atoms with Gasteiger partial charge < -0.3 is 33.7 Å². The third kappa shape index (κ3) is 8.74. The summed E-state index contributed by atoms with van der Waals surface area (Å²) in [4.78, 5) is 12.9. The van der Waals surface area contributed by atoms with Gasteiger partial charge in [-0.1, -0.05) is 221 Å². The largest absolute Gasteiger partial charge is 0.468 e. The van der Waals surface area contributed by atoms with Crippen LogP contribution < -0.4 is 83.0 Å². The predicted molar refractivity (Wildman–Crippen MR) is 450 cm³/mol. The van der Waals surface area contributed by atoms with Crippen LogP contribution in [0.1, 0.15) is 103 Å². The summed E-state index contributed by atoms with van der Waals surface area (Å²) in [6.07, 6.45) is 4.52. The molecule has 6 aliphatic heterocycles. The van der Waals surface area contributed by atoms with Crippen molar-refractivity contribution < 1.29 is 9.15 Å². The summed E-state index contributed by atoms with van der Waals surface area (Å²) in [7, 11) is -4.35. The van der Waals surface area contributed by atoms with Gasteiger partial charge in [-0.25, -0.2) is 0 Å². The Morgan fingerprint density at radius 3 is 1.28 bits per heavy atom. The Labute approximate surface area is 620 Å². The van der Waals surface area contributed by atoms with E-state index < -0.39 is 16.1 Å². The molecule has 7 nitrogen and oxygen atoms in total. The number of para-hydroxylation sites is 7. The Hall–Kier alpha value is -10.5. The number of hydrogen-bond donors (Lipinski definition) is 0. The van der Waals surface area contributed by atoms with E-state index in [2.05, 4.69) is 355 Å². The van der Waals surface area contributed by atoms with E-state index in [9.17, 15) is 0 Å². The van der Waals surface area contributed by atoms with Crippen LogP contribution in [0, 0.1) is 0 Å². The van der Waals surface area contributed by atoms with E-state index in [-0.39, 0.29) is 35.1 Å². The van der Waals surface area contributed by atoms with Crippen molar-refractivity contribution >= 4 is 180 Å². The second-order valence-corrected chi connectivity index (χ2v) is 43.5. The van der Waals surface area contributed by atoms with Crippen molar-refractivity contribution in [3.63, 3.8) is 0 Å². The fraction of sp³-hybridized carbons (Fsp3) is 0.213. The van der Waals surface area contributed by atoms with Crippen molar-refractivity contribution in [2.75, 3.05) is 24.5 Å². The molecule has 21 rings (SSSR count). The van der Waals surface area contributed by atoms with Crippen molar-refractivity contribution in [1.82, 2.24) is 0 Å². The Bertz CT molecular complexity index is 5850. The molecule has 0 amide bonds. The number of fused-ring (bicyclic) bond motifs is 16. The van der Waals surface area contributed by atoms with E-state index in [1.165, 1.54) is 99.2 Å². The average molecular weight is 1390 g/mol. The normalized spacial score (nSPS) is 18.2. The Morgan fingerprint density at radius 2 is 0.733 bits per heavy atom. The molecule has 12 aromatic carbocycles. The highest BCUT2D eigenvalue weighted by Crippen LogP contribution is 2.56. The summed E-state index contributed by atoms with van der Waals surface area (Å²) < 4.78 is 15.7. The molecule has 0 bridgehead atoms. The summed E-state index contributed by atoms with van der Waals surface area (Å²) in [6.45, 7) is 29.1. The Kier molecular flexibility index (Phi) is 13.0. The van der Waals surface area contributed by atoms with E-state index in [1.807, 2.05) is 0 Å². The molecule has 0 saturated heterocycles. The molecule has 11 heteroatoms. The second-order valence-electron chi connectivity index (χ2n) is 34.9.